The van der Waals surface area contributed by atoms with E-state index in [4.69, 9.17) is 16.0 Å². The van der Waals surface area contributed by atoms with Gasteiger partial charge in [-0.15, -0.1) is 0 Å². The topological polar surface area (TPSA) is 92.7 Å². The highest BCUT2D eigenvalue weighted by atomic mass is 17.2. The van der Waals surface area contributed by atoms with Gasteiger partial charge in [0.1, 0.15) is 6.10 Å². The smallest absolute Gasteiger partial charge is 0.183 e. The van der Waals surface area contributed by atoms with E-state index in [0.29, 0.717) is 5.56 Å². The van der Waals surface area contributed by atoms with Crippen LogP contribution in [0.5, 0.6) is 0 Å². The standard InChI is InChI=1S/C15H22O8/c1-18-21-13(10-16)15(23-20-3)14(22-19-2)12(17)9-11-7-5-4-6-8-11/h4-8,13-16H,9-10H2,1-3H3/t13-,14+,15+/m1/s1/i9D/t9?,13-,14+,15+. The fraction of sp³-hybridized carbons (Fsp3) is 0.533. The second-order valence-electron chi connectivity index (χ2n) is 4.35. The third-order valence-corrected chi connectivity index (χ3v) is 2.86. The lowest BCUT2D eigenvalue weighted by molar-refractivity contribution is -0.410. The average molecular weight is 331 g/mol. The molecule has 0 radical (unpaired) electrons. The Morgan fingerprint density at radius 1 is 1.09 bits per heavy atom. The van der Waals surface area contributed by atoms with Gasteiger partial charge in [0.15, 0.2) is 18.0 Å². The first-order chi connectivity index (χ1) is 11.6. The minimum absolute atomic E-state index is 0.469. The first-order valence-electron chi connectivity index (χ1n) is 7.38. The van der Waals surface area contributed by atoms with Crippen LogP contribution in [0.3, 0.4) is 0 Å². The number of aliphatic hydroxyl groups is 1. The van der Waals surface area contributed by atoms with Crippen LogP contribution in [-0.4, -0.2) is 57.1 Å². The molecular formula is C15H22O8. The van der Waals surface area contributed by atoms with Gasteiger partial charge in [0, 0.05) is 7.77 Å². The highest BCUT2D eigenvalue weighted by Gasteiger charge is 2.39. The van der Waals surface area contributed by atoms with Crippen LogP contribution in [0.2, 0.25) is 0 Å². The Morgan fingerprint density at radius 3 is 2.22 bits per heavy atom. The van der Waals surface area contributed by atoms with Gasteiger partial charge in [0.2, 0.25) is 0 Å². The van der Waals surface area contributed by atoms with Gasteiger partial charge in [-0.3, -0.25) is 4.79 Å². The van der Waals surface area contributed by atoms with Gasteiger partial charge >= 0.3 is 0 Å². The highest BCUT2D eigenvalue weighted by Crippen LogP contribution is 2.16. The number of aliphatic hydroxyl groups excluding tert-OH is 1. The average Bonchev–Trinajstić information content (AvgIpc) is 2.62. The Kier molecular flexibility index (Phi) is 8.74. The molecule has 1 N–H and O–H groups in total. The Labute approximate surface area is 136 Å². The van der Waals surface area contributed by atoms with Gasteiger partial charge in [-0.25, -0.2) is 29.3 Å². The van der Waals surface area contributed by atoms with E-state index in [-0.39, 0.29) is 0 Å². The van der Waals surface area contributed by atoms with Crippen molar-refractivity contribution in [2.24, 2.45) is 0 Å². The van der Waals surface area contributed by atoms with Crippen molar-refractivity contribution in [3.05, 3.63) is 35.9 Å². The molecule has 8 heteroatoms. The lowest BCUT2D eigenvalue weighted by Crippen LogP contribution is -2.48. The van der Waals surface area contributed by atoms with Gasteiger partial charge in [-0.05, 0) is 5.56 Å². The highest BCUT2D eigenvalue weighted by molar-refractivity contribution is 5.85. The van der Waals surface area contributed by atoms with E-state index in [1.807, 2.05) is 0 Å². The van der Waals surface area contributed by atoms with Crippen LogP contribution in [0.25, 0.3) is 0 Å². The summed E-state index contributed by atoms with van der Waals surface area (Å²) >= 11 is 0. The maximum Gasteiger partial charge on any atom is 0.183 e. The van der Waals surface area contributed by atoms with Crippen LogP contribution < -0.4 is 0 Å². The van der Waals surface area contributed by atoms with Crippen LogP contribution in [0.1, 0.15) is 6.93 Å². The van der Waals surface area contributed by atoms with Gasteiger partial charge in [0.25, 0.3) is 0 Å². The first kappa shape index (κ1) is 18.0. The number of Topliss-reactive ketones (excluding diaryl/α,β-unsaturated/α-hetero) is 1. The largest absolute Gasteiger partial charge is 0.393 e. The van der Waals surface area contributed by atoms with E-state index in [9.17, 15) is 9.90 Å². The number of ketones is 1. The zero-order valence-corrected chi connectivity index (χ0v) is 13.2. The Morgan fingerprint density at radius 2 is 1.70 bits per heavy atom. The molecule has 0 bridgehead atoms. The van der Waals surface area contributed by atoms with Crippen molar-refractivity contribution in [1.82, 2.24) is 0 Å². The quantitative estimate of drug-likeness (QED) is 0.440. The van der Waals surface area contributed by atoms with Crippen LogP contribution in [0, 0.1) is 0 Å². The van der Waals surface area contributed by atoms with Gasteiger partial charge in [-0.1, -0.05) is 30.3 Å². The molecule has 23 heavy (non-hydrogen) atoms. The number of carbonyl (C=O) groups excluding carboxylic acids is 1. The molecule has 4 atom stereocenters. The third-order valence-electron chi connectivity index (χ3n) is 2.86. The molecule has 0 spiro atoms. The SMILES string of the molecule is [2H]C(C(=O)[C@H](OOC)[C@@H](OOC)[C@@H](CO)OOC)c1ccccc1. The van der Waals surface area contributed by atoms with Crippen molar-refractivity contribution in [3.63, 3.8) is 0 Å². The number of hydrogen-bond acceptors (Lipinski definition) is 8. The fourth-order valence-corrected chi connectivity index (χ4v) is 1.89. The van der Waals surface area contributed by atoms with E-state index in [1.54, 1.807) is 30.3 Å². The molecule has 1 rings (SSSR count). The molecule has 0 aliphatic heterocycles. The summed E-state index contributed by atoms with van der Waals surface area (Å²) in [7, 11) is 3.66. The summed E-state index contributed by atoms with van der Waals surface area (Å²) in [6.45, 7) is -0.549. The number of hydrogen-bond donors (Lipinski definition) is 1. The van der Waals surface area contributed by atoms with E-state index in [2.05, 4.69) is 14.7 Å². The van der Waals surface area contributed by atoms with Gasteiger partial charge < -0.3 is 5.11 Å². The number of rotatable bonds is 12. The normalized spacial score (nSPS) is 17.1. The van der Waals surface area contributed by atoms with E-state index >= 15 is 0 Å². The molecular weight excluding hydrogens is 308 g/mol. The molecule has 0 amide bonds. The molecule has 0 fully saturated rings. The molecule has 130 valence electrons. The molecule has 0 aromatic heterocycles. The predicted octanol–water partition coefficient (Wildman–Crippen LogP) is 0.630. The second-order valence-corrected chi connectivity index (χ2v) is 4.35. The second kappa shape index (κ2) is 11.2. The molecule has 0 heterocycles. The Hall–Kier alpha value is -1.39. The Balaban J connectivity index is 3.04. The minimum Gasteiger partial charge on any atom is -0.393 e. The molecule has 8 nitrogen and oxygen atoms in total. The summed E-state index contributed by atoms with van der Waals surface area (Å²) in [4.78, 5) is 41.2. The molecule has 0 aliphatic carbocycles. The van der Waals surface area contributed by atoms with Crippen LogP contribution in [0.4, 0.5) is 0 Å². The van der Waals surface area contributed by atoms with Crippen molar-refractivity contribution in [2.45, 2.75) is 24.7 Å². The van der Waals surface area contributed by atoms with Crippen molar-refractivity contribution >= 4 is 5.78 Å². The van der Waals surface area contributed by atoms with Crippen molar-refractivity contribution < 1.29 is 40.6 Å². The van der Waals surface area contributed by atoms with E-state index in [1.165, 1.54) is 21.3 Å². The van der Waals surface area contributed by atoms with Crippen molar-refractivity contribution in [2.75, 3.05) is 27.9 Å². The zero-order valence-electron chi connectivity index (χ0n) is 14.2. The summed E-state index contributed by atoms with van der Waals surface area (Å²) in [6.07, 6.45) is -4.99. The number of benzene rings is 1. The predicted molar refractivity (Wildman–Crippen MR) is 77.9 cm³/mol. The number of carbonyl (C=O) groups is 1. The summed E-state index contributed by atoms with van der Waals surface area (Å²) in [5, 5.41) is 9.41. The minimum atomic E-state index is -1.40. The Bertz CT molecular complexity index is 472. The fourth-order valence-electron chi connectivity index (χ4n) is 1.89. The summed E-state index contributed by atoms with van der Waals surface area (Å²) in [5.41, 5.74) is 0.469. The van der Waals surface area contributed by atoms with Crippen LogP contribution >= 0.6 is 0 Å². The molecule has 0 saturated carbocycles. The van der Waals surface area contributed by atoms with E-state index in [0.717, 1.165) is 0 Å². The zero-order chi connectivity index (χ0) is 17.9. The van der Waals surface area contributed by atoms with Gasteiger partial charge in [0.05, 0.1) is 27.9 Å². The third kappa shape index (κ3) is 6.32. The molecule has 1 unspecified atom stereocenters. The maximum atomic E-state index is 12.7. The van der Waals surface area contributed by atoms with E-state index < -0.39 is 37.1 Å². The van der Waals surface area contributed by atoms with Crippen LogP contribution in [0.15, 0.2) is 30.3 Å². The molecule has 1 aromatic carbocycles. The molecule has 0 saturated heterocycles. The lowest BCUT2D eigenvalue weighted by Gasteiger charge is -2.27. The summed E-state index contributed by atoms with van der Waals surface area (Å²) in [5.74, 6) is -0.664. The van der Waals surface area contributed by atoms with Gasteiger partial charge in [-0.2, -0.15) is 0 Å². The maximum absolute atomic E-state index is 12.7. The first-order valence-corrected chi connectivity index (χ1v) is 6.80. The monoisotopic (exact) mass is 331 g/mol. The molecule has 1 aromatic rings. The summed E-state index contributed by atoms with van der Waals surface area (Å²) in [6, 6.07) is 8.48. The van der Waals surface area contributed by atoms with Crippen LogP contribution in [-0.2, 0) is 40.5 Å². The molecule has 0 aliphatic rings. The van der Waals surface area contributed by atoms with Crippen molar-refractivity contribution in [3.8, 4) is 0 Å². The van der Waals surface area contributed by atoms with Crippen molar-refractivity contribution in [1.29, 1.82) is 0 Å². The lowest BCUT2D eigenvalue weighted by atomic mass is 9.99. The summed E-state index contributed by atoms with van der Waals surface area (Å²) < 4.78 is 8.14.